The van der Waals surface area contributed by atoms with Gasteiger partial charge >= 0.3 is 0 Å². The van der Waals surface area contributed by atoms with E-state index in [2.05, 4.69) is 608 Å². The topological polar surface area (TPSA) is 19.4 Å². The van der Waals surface area contributed by atoms with Crippen molar-refractivity contribution in [1.29, 1.82) is 0 Å². The number of hydrogen-bond donors (Lipinski definition) is 0. The molecule has 0 aliphatic carbocycles. The van der Waals surface area contributed by atoms with E-state index in [1.807, 2.05) is 0 Å². The van der Waals surface area contributed by atoms with Crippen LogP contribution in [0.3, 0.4) is 0 Å². The number of para-hydroxylation sites is 8. The molecule has 0 spiro atoms. The molecule has 147 heavy (non-hydrogen) atoms. The van der Waals surface area contributed by atoms with Crippen molar-refractivity contribution in [2.45, 2.75) is 105 Å². The van der Waals surface area contributed by atoms with E-state index in [4.69, 9.17) is 0 Å². The summed E-state index contributed by atoms with van der Waals surface area (Å²) in [4.78, 5) is 14.7. The summed E-state index contributed by atoms with van der Waals surface area (Å²) in [5.41, 5.74) is 22.5. The predicted octanol–water partition coefficient (Wildman–Crippen LogP) is 37.6. The number of benzene rings is 24. The van der Waals surface area contributed by atoms with E-state index in [0.717, 1.165) is 28.4 Å². The van der Waals surface area contributed by atoms with Gasteiger partial charge in [0, 0.05) is 101 Å². The van der Waals surface area contributed by atoms with Crippen LogP contribution >= 0.6 is 0 Å². The van der Waals surface area contributed by atoms with Gasteiger partial charge in [-0.05, 0) is 252 Å². The average Bonchev–Trinajstić information content (AvgIpc) is 0.729. The normalized spacial score (nSPS) is 12.1. The zero-order valence-corrected chi connectivity index (χ0v) is 92.2. The Morgan fingerprint density at radius 1 is 0.136 bits per heavy atom. The number of hydrogen-bond acceptors (Lipinski definition) is 6. The highest BCUT2D eigenvalue weighted by Crippen LogP contribution is 2.54. The molecule has 0 aromatic heterocycles. The minimum Gasteiger partial charge on any atom is -0.310 e. The van der Waals surface area contributed by atoms with Crippen molar-refractivity contribution >= 4 is 266 Å². The van der Waals surface area contributed by atoms with Crippen molar-refractivity contribution < 1.29 is 0 Å². The molecule has 11 heteroatoms. The fraction of sp³-hybridized carbons (Fsp3) is 0.118. The van der Waals surface area contributed by atoms with Crippen molar-refractivity contribution in [3.63, 3.8) is 0 Å². The van der Waals surface area contributed by atoms with E-state index in [1.54, 1.807) is 0 Å². The quantitative estimate of drug-likeness (QED) is 0.0466. The summed E-state index contributed by atoms with van der Waals surface area (Å²) in [6.45, 7) is 38.5. The Bertz CT molecular complexity index is 8540. The molecule has 0 unspecified atom stereocenters. The second-order valence-electron chi connectivity index (χ2n) is 44.5. The molecule has 0 saturated carbocycles. The molecule has 0 atom stereocenters. The van der Waals surface area contributed by atoms with E-state index in [0.29, 0.717) is 0 Å². The van der Waals surface area contributed by atoms with Gasteiger partial charge in [-0.1, -0.05) is 422 Å². The maximum absolute atomic E-state index is 2.49. The second kappa shape index (κ2) is 39.0. The lowest BCUT2D eigenvalue weighted by Crippen LogP contribution is -2.40. The minimum absolute atomic E-state index is 1.15. The fourth-order valence-electron chi connectivity index (χ4n) is 22.0. The van der Waals surface area contributed by atoms with Crippen LogP contribution in [0, 0.1) is 6.92 Å². The Kier molecular flexibility index (Phi) is 25.5. The monoisotopic (exact) mass is 1980 g/mol. The summed E-state index contributed by atoms with van der Waals surface area (Å²) < 4.78 is 0. The molecule has 0 aliphatic heterocycles. The van der Waals surface area contributed by atoms with Gasteiger partial charge in [0.25, 0.3) is 0 Å². The third-order valence-electron chi connectivity index (χ3n) is 29.6. The summed E-state index contributed by atoms with van der Waals surface area (Å²) in [6, 6.07) is 175. The van der Waals surface area contributed by atoms with E-state index < -0.39 is 40.4 Å². The predicted molar refractivity (Wildman–Crippen MR) is 658 cm³/mol. The SMILES string of the molecule is C[Si](C)(C)c1ccc(N(c2ccccc2)c2ccc3ccc4c(N(c5ccccc5)c5ccc([Si](C)(C)C)cc5)ccc5ccc2c3c54)cc1.C[Si](C)(C)c1cccc(N(c2ccccc2)c2ccc3ccc4c(N(c5ccccc5)c5cccc([Si](C)(C)C)c5)ccc5ccc2c3c54)c1.Cc1ccccc1N(c1ccccc1)c1ccc2ccc3c(N(c4ccccc4)c4ccccc4[Si](C)(C)C)ccc4ccc1c2c43. The summed E-state index contributed by atoms with van der Waals surface area (Å²) >= 11 is 0. The van der Waals surface area contributed by atoms with Crippen molar-refractivity contribution in [2.75, 3.05) is 29.4 Å². The van der Waals surface area contributed by atoms with Crippen LogP contribution in [0.1, 0.15) is 5.56 Å². The largest absolute Gasteiger partial charge is 0.310 e. The number of rotatable bonds is 23. The molecule has 6 nitrogen and oxygen atoms in total. The maximum atomic E-state index is 2.49. The van der Waals surface area contributed by atoms with Crippen molar-refractivity contribution in [3.05, 3.63) is 479 Å². The van der Waals surface area contributed by atoms with Gasteiger partial charge in [0.15, 0.2) is 0 Å². The third kappa shape index (κ3) is 18.5. The molecule has 24 aromatic rings. The van der Waals surface area contributed by atoms with Gasteiger partial charge in [0.05, 0.1) is 74.5 Å². The Labute approximate surface area is 872 Å². The first-order valence-electron chi connectivity index (χ1n) is 51.9. The fourth-order valence-corrected chi connectivity index (χ4v) is 28.3. The van der Waals surface area contributed by atoms with Crippen LogP contribution in [0.5, 0.6) is 0 Å². The molecular formula is C136H126N6Si5. The molecular weight excluding hydrogens is 1860 g/mol. The van der Waals surface area contributed by atoms with Crippen LogP contribution in [0.2, 0.25) is 98.2 Å². The summed E-state index contributed by atoms with van der Waals surface area (Å²) in [7, 11) is -7.61. The highest BCUT2D eigenvalue weighted by molar-refractivity contribution is 6.91. The molecule has 0 bridgehead atoms. The molecule has 0 saturated heterocycles. The number of nitrogens with zero attached hydrogens (tertiary/aromatic N) is 6. The van der Waals surface area contributed by atoms with Crippen molar-refractivity contribution in [3.8, 4) is 0 Å². The molecule has 0 heterocycles. The minimum atomic E-state index is -1.67. The van der Waals surface area contributed by atoms with Crippen LogP contribution in [-0.2, 0) is 0 Å². The van der Waals surface area contributed by atoms with Gasteiger partial charge in [-0.15, -0.1) is 0 Å². The van der Waals surface area contributed by atoms with Crippen LogP contribution in [0.4, 0.5) is 102 Å². The van der Waals surface area contributed by atoms with E-state index in [1.165, 1.54) is 202 Å². The van der Waals surface area contributed by atoms with Gasteiger partial charge in [0.1, 0.15) is 0 Å². The van der Waals surface area contributed by atoms with E-state index in [-0.39, 0.29) is 0 Å². The molecule has 0 fully saturated rings. The first kappa shape index (κ1) is 96.1. The van der Waals surface area contributed by atoms with Crippen LogP contribution < -0.4 is 55.3 Å². The second-order valence-corrected chi connectivity index (χ2v) is 69.9. The van der Waals surface area contributed by atoms with Crippen molar-refractivity contribution in [1.82, 2.24) is 0 Å². The van der Waals surface area contributed by atoms with Gasteiger partial charge in [-0.2, -0.15) is 0 Å². The number of anilines is 18. The molecule has 720 valence electrons. The van der Waals surface area contributed by atoms with E-state index >= 15 is 0 Å². The summed E-state index contributed by atoms with van der Waals surface area (Å²) in [5, 5.41) is 30.2. The Balaban J connectivity index is 0.000000125. The highest BCUT2D eigenvalue weighted by atomic mass is 28.3. The summed E-state index contributed by atoms with van der Waals surface area (Å²) in [6.07, 6.45) is 0. The lowest BCUT2D eigenvalue weighted by molar-refractivity contribution is 1.26. The molecule has 0 amide bonds. The maximum Gasteiger partial charge on any atom is 0.0803 e. The van der Waals surface area contributed by atoms with Gasteiger partial charge in [0.2, 0.25) is 0 Å². The molecule has 24 aromatic carbocycles. The Hall–Kier alpha value is -15.7. The summed E-state index contributed by atoms with van der Waals surface area (Å²) in [5.74, 6) is 0. The zero-order valence-electron chi connectivity index (χ0n) is 87.2. The molecule has 0 radical (unpaired) electrons. The van der Waals surface area contributed by atoms with Crippen molar-refractivity contribution in [2.24, 2.45) is 0 Å². The number of aryl methyl sites for hydroxylation is 1. The molecule has 0 aliphatic rings. The van der Waals surface area contributed by atoms with Gasteiger partial charge < -0.3 is 29.4 Å². The zero-order chi connectivity index (χ0) is 101. The first-order chi connectivity index (χ1) is 71.0. The Morgan fingerprint density at radius 2 is 0.340 bits per heavy atom. The molecule has 0 N–H and O–H groups in total. The standard InChI is InChI=1S/2C46H44N2Si2.C44H38N2Si/c1-49(2,3)39-21-13-19-37(31-39)47(35-15-9-7-10-16-35)43-29-25-33-24-28-42-44(30-26-34-23-27-41(43)45(33)46(34)42)48(36-17-11-8-12-18-36)38-20-14-22-40(32-38)50(4,5)6;1-49(2,3)39-25-21-37(22-26-39)47(35-13-9-7-10-14-35)43-31-19-33-18-30-42-44(32-20-34-17-29-41(43)45(33)46(34)42)48(36-15-11-8-12-16-36)38-23-27-40(28-24-38)50(4,5)6;1-31-15-11-12-20-38(31)45(34-16-7-5-8-17-34)39-29-25-32-24-28-37-40(30-26-33-23-27-36(39)43(32)44(33)37)46(35-18-9-6-10-19-35)41-21-13-14-22-42(41)47(2,3)4/h2*7-32H,1-6H3;5-30H,1-4H3. The Morgan fingerprint density at radius 3 is 0.599 bits per heavy atom. The van der Waals surface area contributed by atoms with Crippen LogP contribution in [0.15, 0.2) is 473 Å². The average molecular weight is 1980 g/mol. The first-order valence-corrected chi connectivity index (χ1v) is 69.4. The molecule has 24 rings (SSSR count). The van der Waals surface area contributed by atoms with Gasteiger partial charge in [-0.3, -0.25) is 0 Å². The lowest BCUT2D eigenvalue weighted by Gasteiger charge is -2.32. The van der Waals surface area contributed by atoms with E-state index in [9.17, 15) is 0 Å². The van der Waals surface area contributed by atoms with Crippen LogP contribution in [-0.4, -0.2) is 40.4 Å². The van der Waals surface area contributed by atoms with Crippen LogP contribution in [0.25, 0.3) is 97.0 Å². The van der Waals surface area contributed by atoms with Gasteiger partial charge in [-0.25, -0.2) is 0 Å². The highest BCUT2D eigenvalue weighted by Gasteiger charge is 2.32. The smallest absolute Gasteiger partial charge is 0.0803 e. The third-order valence-corrected chi connectivity index (χ3v) is 39.9. The lowest BCUT2D eigenvalue weighted by atomic mass is 9.91.